The van der Waals surface area contributed by atoms with Crippen molar-refractivity contribution in [1.82, 2.24) is 5.32 Å². The van der Waals surface area contributed by atoms with Gasteiger partial charge in [0.1, 0.15) is 6.10 Å². The van der Waals surface area contributed by atoms with Gasteiger partial charge in [-0.05, 0) is 51.4 Å². The molecule has 330 valence electrons. The third-order valence-corrected chi connectivity index (χ3v) is 11.5. The minimum absolute atomic E-state index is 0.364. The fourth-order valence-electron chi connectivity index (χ4n) is 7.57. The van der Waals surface area contributed by atoms with Crippen LogP contribution in [-0.2, 0) is 4.79 Å². The quantitative estimate of drug-likeness (QED) is 0.0365. The van der Waals surface area contributed by atoms with Crippen LogP contribution in [0.25, 0.3) is 0 Å². The minimum Gasteiger partial charge on any atom is -0.394 e. The molecule has 3 unspecified atom stereocenters. The van der Waals surface area contributed by atoms with E-state index in [1.807, 2.05) is 6.08 Å². The summed E-state index contributed by atoms with van der Waals surface area (Å²) in [6.45, 7) is 4.19. The predicted octanol–water partition coefficient (Wildman–Crippen LogP) is 14.7. The van der Waals surface area contributed by atoms with Crippen molar-refractivity contribution in [2.45, 2.75) is 276 Å². The molecule has 0 bridgehead atoms. The molecule has 0 aromatic carbocycles. The first-order valence-corrected chi connectivity index (χ1v) is 24.8. The maximum Gasteiger partial charge on any atom is 0.249 e. The van der Waals surface area contributed by atoms with E-state index < -0.39 is 24.2 Å². The number of nitrogens with one attached hydrogen (secondary N) is 1. The highest BCUT2D eigenvalue weighted by Gasteiger charge is 2.22. The van der Waals surface area contributed by atoms with Gasteiger partial charge in [-0.1, -0.05) is 243 Å². The fourth-order valence-corrected chi connectivity index (χ4v) is 7.57. The number of carbonyl (C=O) groups excluding carboxylic acids is 1. The topological polar surface area (TPSA) is 89.8 Å². The lowest BCUT2D eigenvalue weighted by Gasteiger charge is -2.21. The lowest BCUT2D eigenvalue weighted by molar-refractivity contribution is -0.131. The Kier molecular flexibility index (Phi) is 45.1. The molecule has 0 aliphatic rings. The molecule has 1 amide bonds. The lowest BCUT2D eigenvalue weighted by atomic mass is 10.0. The molecule has 5 nitrogen and oxygen atoms in total. The number of rotatable bonds is 45. The Labute approximate surface area is 349 Å². The zero-order valence-electron chi connectivity index (χ0n) is 37.5. The molecule has 0 radical (unpaired) electrons. The highest BCUT2D eigenvalue weighted by molar-refractivity contribution is 5.80. The average molecular weight is 788 g/mol. The second-order valence-corrected chi connectivity index (χ2v) is 17.0. The Morgan fingerprint density at radius 3 is 1.12 bits per heavy atom. The molecule has 3 atom stereocenters. The summed E-state index contributed by atoms with van der Waals surface area (Å²) >= 11 is 0. The van der Waals surface area contributed by atoms with Gasteiger partial charge in [-0.2, -0.15) is 0 Å². The monoisotopic (exact) mass is 788 g/mol. The number of allylic oxidation sites excluding steroid dienone is 5. The number of unbranched alkanes of at least 4 members (excludes halogenated alkanes) is 33. The smallest absolute Gasteiger partial charge is 0.249 e. The second-order valence-electron chi connectivity index (χ2n) is 17.0. The van der Waals surface area contributed by atoms with Gasteiger partial charge in [-0.15, -0.1) is 0 Å². The molecule has 0 aliphatic carbocycles. The summed E-state index contributed by atoms with van der Waals surface area (Å²) in [7, 11) is 0. The second kappa shape index (κ2) is 46.3. The maximum atomic E-state index is 12.5. The summed E-state index contributed by atoms with van der Waals surface area (Å²) in [5.74, 6) is -0.504. The standard InChI is InChI=1S/C51H97NO4/c1-3-5-7-9-11-13-15-17-19-21-22-23-24-25-26-27-28-29-30-32-34-36-38-40-42-44-46-50(55)51(56)52-48(47-53)49(54)45-43-41-39-37-35-33-31-20-18-16-14-12-10-8-6-4-2/h22-23,25-26,43,45,48-50,53-55H,3-21,24,27-42,44,46-47H2,1-2H3,(H,52,56)/b23-22-,26-25-,45-43+. The van der Waals surface area contributed by atoms with Crippen molar-refractivity contribution < 1.29 is 20.1 Å². The normalized spacial score (nSPS) is 13.7. The van der Waals surface area contributed by atoms with Gasteiger partial charge in [0.2, 0.25) is 5.91 Å². The summed E-state index contributed by atoms with van der Waals surface area (Å²) in [5.41, 5.74) is 0. The van der Waals surface area contributed by atoms with Crippen LogP contribution < -0.4 is 5.32 Å². The number of aliphatic hydroxyl groups excluding tert-OH is 3. The van der Waals surface area contributed by atoms with E-state index in [0.29, 0.717) is 6.42 Å². The maximum absolute atomic E-state index is 12.5. The van der Waals surface area contributed by atoms with E-state index in [9.17, 15) is 20.1 Å². The minimum atomic E-state index is -1.10. The number of hydrogen-bond donors (Lipinski definition) is 4. The van der Waals surface area contributed by atoms with Gasteiger partial charge in [0, 0.05) is 0 Å². The summed E-state index contributed by atoms with van der Waals surface area (Å²) < 4.78 is 0. The fraction of sp³-hybridized carbons (Fsp3) is 0.863. The molecule has 56 heavy (non-hydrogen) atoms. The number of hydrogen-bond acceptors (Lipinski definition) is 4. The molecule has 0 aromatic rings. The van der Waals surface area contributed by atoms with Crippen molar-refractivity contribution in [2.24, 2.45) is 0 Å². The molecule has 0 heterocycles. The van der Waals surface area contributed by atoms with Crippen LogP contribution >= 0.6 is 0 Å². The van der Waals surface area contributed by atoms with E-state index >= 15 is 0 Å². The highest BCUT2D eigenvalue weighted by Crippen LogP contribution is 2.16. The van der Waals surface area contributed by atoms with Gasteiger partial charge < -0.3 is 20.6 Å². The Morgan fingerprint density at radius 2 is 0.768 bits per heavy atom. The Morgan fingerprint density at radius 1 is 0.446 bits per heavy atom. The van der Waals surface area contributed by atoms with E-state index in [-0.39, 0.29) is 6.61 Å². The van der Waals surface area contributed by atoms with E-state index in [1.54, 1.807) is 6.08 Å². The van der Waals surface area contributed by atoms with Crippen molar-refractivity contribution in [3.05, 3.63) is 36.5 Å². The van der Waals surface area contributed by atoms with Crippen LogP contribution in [0.15, 0.2) is 36.5 Å². The van der Waals surface area contributed by atoms with Crippen molar-refractivity contribution in [3.63, 3.8) is 0 Å². The molecule has 0 aromatic heterocycles. The summed E-state index contributed by atoms with van der Waals surface area (Å²) in [5, 5.41) is 33.2. The molecule has 0 saturated carbocycles. The third kappa shape index (κ3) is 40.8. The molecule has 0 aliphatic heterocycles. The first kappa shape index (κ1) is 54.6. The SMILES string of the molecule is CCCCCCCCCCC/C=C\C/C=C\CCCCCCCCCCCCC(O)C(=O)NC(CO)C(O)/C=C/CCCCCCCCCCCCCCCC. The van der Waals surface area contributed by atoms with Crippen LogP contribution in [0.4, 0.5) is 0 Å². The van der Waals surface area contributed by atoms with Crippen LogP contribution in [0.3, 0.4) is 0 Å². The number of amides is 1. The van der Waals surface area contributed by atoms with Gasteiger partial charge in [0.05, 0.1) is 18.8 Å². The lowest BCUT2D eigenvalue weighted by Crippen LogP contribution is -2.48. The molecular weight excluding hydrogens is 691 g/mol. The zero-order valence-corrected chi connectivity index (χ0v) is 37.5. The summed E-state index contributed by atoms with van der Waals surface area (Å²) in [4.78, 5) is 12.5. The van der Waals surface area contributed by atoms with Gasteiger partial charge in [0.25, 0.3) is 0 Å². The summed E-state index contributed by atoms with van der Waals surface area (Å²) in [6, 6.07) is -0.799. The predicted molar refractivity (Wildman–Crippen MR) is 245 cm³/mol. The number of aliphatic hydroxyl groups is 3. The Hall–Kier alpha value is -1.43. The van der Waals surface area contributed by atoms with Crippen molar-refractivity contribution in [2.75, 3.05) is 6.61 Å². The Bertz CT molecular complexity index is 870. The molecule has 0 spiro atoms. The van der Waals surface area contributed by atoms with Crippen LogP contribution in [0.5, 0.6) is 0 Å². The van der Waals surface area contributed by atoms with Gasteiger partial charge in [0.15, 0.2) is 0 Å². The molecule has 0 saturated heterocycles. The molecule has 4 N–H and O–H groups in total. The zero-order chi connectivity index (χ0) is 40.8. The molecule has 0 fully saturated rings. The molecular formula is C51H97NO4. The van der Waals surface area contributed by atoms with Crippen LogP contribution in [0, 0.1) is 0 Å². The Balaban J connectivity index is 3.62. The van der Waals surface area contributed by atoms with E-state index in [1.165, 1.54) is 199 Å². The molecule has 0 rings (SSSR count). The van der Waals surface area contributed by atoms with Crippen molar-refractivity contribution in [3.8, 4) is 0 Å². The molecule has 5 heteroatoms. The summed E-state index contributed by atoms with van der Waals surface area (Å²) in [6.07, 6.45) is 59.0. The first-order valence-electron chi connectivity index (χ1n) is 24.8. The van der Waals surface area contributed by atoms with Crippen LogP contribution in [0.1, 0.15) is 258 Å². The average Bonchev–Trinajstić information content (AvgIpc) is 3.20. The van der Waals surface area contributed by atoms with Crippen molar-refractivity contribution in [1.29, 1.82) is 0 Å². The van der Waals surface area contributed by atoms with Crippen LogP contribution in [-0.4, -0.2) is 46.1 Å². The van der Waals surface area contributed by atoms with E-state index in [4.69, 9.17) is 0 Å². The van der Waals surface area contributed by atoms with Gasteiger partial charge in [-0.25, -0.2) is 0 Å². The highest BCUT2D eigenvalue weighted by atomic mass is 16.3. The van der Waals surface area contributed by atoms with Gasteiger partial charge in [-0.3, -0.25) is 4.79 Å². The number of carbonyl (C=O) groups is 1. The first-order chi connectivity index (χ1) is 27.6. The van der Waals surface area contributed by atoms with Crippen molar-refractivity contribution >= 4 is 5.91 Å². The van der Waals surface area contributed by atoms with Crippen LogP contribution in [0.2, 0.25) is 0 Å². The third-order valence-electron chi connectivity index (χ3n) is 11.5. The van der Waals surface area contributed by atoms with E-state index in [2.05, 4.69) is 43.5 Å². The largest absolute Gasteiger partial charge is 0.394 e. The van der Waals surface area contributed by atoms with E-state index in [0.717, 1.165) is 38.5 Å². The van der Waals surface area contributed by atoms with Gasteiger partial charge >= 0.3 is 0 Å².